The smallest absolute Gasteiger partial charge is 0.163 e. The first-order chi connectivity index (χ1) is 5.58. The molecule has 2 rings (SSSR count). The van der Waals surface area contributed by atoms with Crippen LogP contribution in [0.25, 0.3) is 0 Å². The summed E-state index contributed by atoms with van der Waals surface area (Å²) < 4.78 is 11.4. The highest BCUT2D eigenvalue weighted by atomic mass is 16.8. The Labute approximate surface area is 73.2 Å². The van der Waals surface area contributed by atoms with Gasteiger partial charge in [-0.25, -0.2) is 0 Å². The van der Waals surface area contributed by atoms with Gasteiger partial charge in [0, 0.05) is 6.04 Å². The van der Waals surface area contributed by atoms with E-state index in [0.717, 1.165) is 12.8 Å². The minimum absolute atomic E-state index is 0.133. The summed E-state index contributed by atoms with van der Waals surface area (Å²) in [5.41, 5.74) is 5.94. The maximum absolute atomic E-state index is 5.94. The molecule has 12 heavy (non-hydrogen) atoms. The van der Waals surface area contributed by atoms with Gasteiger partial charge in [-0.3, -0.25) is 0 Å². The highest BCUT2D eigenvalue weighted by molar-refractivity contribution is 4.92. The van der Waals surface area contributed by atoms with Crippen molar-refractivity contribution in [1.82, 2.24) is 0 Å². The molecule has 0 aromatic rings. The lowest BCUT2D eigenvalue weighted by Crippen LogP contribution is -2.44. The molecule has 1 aliphatic carbocycles. The maximum Gasteiger partial charge on any atom is 0.163 e. The molecule has 3 nitrogen and oxygen atoms in total. The molecule has 0 amide bonds. The van der Waals surface area contributed by atoms with Crippen molar-refractivity contribution in [3.05, 3.63) is 0 Å². The van der Waals surface area contributed by atoms with Gasteiger partial charge in [0.15, 0.2) is 5.79 Å². The van der Waals surface area contributed by atoms with Crippen molar-refractivity contribution in [2.45, 2.75) is 57.1 Å². The van der Waals surface area contributed by atoms with Crippen LogP contribution in [0.5, 0.6) is 0 Å². The Morgan fingerprint density at radius 3 is 2.67 bits per heavy atom. The molecule has 0 spiro atoms. The van der Waals surface area contributed by atoms with Crippen LogP contribution < -0.4 is 5.73 Å². The zero-order chi connectivity index (χ0) is 8.77. The second-order valence-electron chi connectivity index (χ2n) is 4.23. The fourth-order valence-corrected chi connectivity index (χ4v) is 2.17. The molecular weight excluding hydrogens is 154 g/mol. The topological polar surface area (TPSA) is 44.5 Å². The van der Waals surface area contributed by atoms with Crippen LogP contribution in [0.2, 0.25) is 0 Å². The number of hydrogen-bond acceptors (Lipinski definition) is 3. The van der Waals surface area contributed by atoms with Crippen LogP contribution in [-0.2, 0) is 9.47 Å². The predicted molar refractivity (Wildman–Crippen MR) is 45.7 cm³/mol. The molecule has 0 aromatic heterocycles. The van der Waals surface area contributed by atoms with Gasteiger partial charge in [-0.15, -0.1) is 0 Å². The van der Waals surface area contributed by atoms with Gasteiger partial charge in [0.05, 0.1) is 6.10 Å². The van der Waals surface area contributed by atoms with E-state index in [4.69, 9.17) is 15.2 Å². The van der Waals surface area contributed by atoms with Crippen LogP contribution in [0.3, 0.4) is 0 Å². The third-order valence-corrected chi connectivity index (χ3v) is 2.67. The lowest BCUT2D eigenvalue weighted by molar-refractivity contribution is -0.146. The standard InChI is InChI=1S/C9H17NO2/c1-9(2)11-7-5-3-4-6(10)8(7)12-9/h6-8H,3-5,10H2,1-2H3. The number of fused-ring (bicyclic) bond motifs is 1. The quantitative estimate of drug-likeness (QED) is 0.591. The van der Waals surface area contributed by atoms with E-state index in [2.05, 4.69) is 0 Å². The number of ether oxygens (including phenoxy) is 2. The minimum Gasteiger partial charge on any atom is -0.345 e. The largest absolute Gasteiger partial charge is 0.345 e. The van der Waals surface area contributed by atoms with Crippen LogP contribution in [0, 0.1) is 0 Å². The molecule has 2 aliphatic rings. The molecule has 1 saturated heterocycles. The van der Waals surface area contributed by atoms with E-state index in [1.807, 2.05) is 13.8 Å². The number of hydrogen-bond donors (Lipinski definition) is 1. The first-order valence-electron chi connectivity index (χ1n) is 4.70. The van der Waals surface area contributed by atoms with E-state index in [9.17, 15) is 0 Å². The zero-order valence-corrected chi connectivity index (χ0v) is 7.75. The van der Waals surface area contributed by atoms with Gasteiger partial charge in [0.2, 0.25) is 0 Å². The molecule has 0 aromatic carbocycles. The van der Waals surface area contributed by atoms with Gasteiger partial charge >= 0.3 is 0 Å². The van der Waals surface area contributed by atoms with Gasteiger partial charge in [-0.1, -0.05) is 0 Å². The van der Waals surface area contributed by atoms with E-state index in [1.54, 1.807) is 0 Å². The van der Waals surface area contributed by atoms with Crippen LogP contribution in [0.1, 0.15) is 33.1 Å². The van der Waals surface area contributed by atoms with E-state index < -0.39 is 5.79 Å². The Kier molecular flexibility index (Phi) is 1.90. The van der Waals surface area contributed by atoms with E-state index >= 15 is 0 Å². The molecule has 3 unspecified atom stereocenters. The summed E-state index contributed by atoms with van der Waals surface area (Å²) in [5.74, 6) is -0.419. The van der Waals surface area contributed by atoms with Crippen molar-refractivity contribution < 1.29 is 9.47 Å². The van der Waals surface area contributed by atoms with Crippen molar-refractivity contribution in [3.8, 4) is 0 Å². The highest BCUT2D eigenvalue weighted by Gasteiger charge is 2.45. The second-order valence-corrected chi connectivity index (χ2v) is 4.23. The van der Waals surface area contributed by atoms with Crippen LogP contribution in [0.4, 0.5) is 0 Å². The summed E-state index contributed by atoms with van der Waals surface area (Å²) in [6.07, 6.45) is 3.71. The van der Waals surface area contributed by atoms with Crippen molar-refractivity contribution in [2.24, 2.45) is 5.73 Å². The number of rotatable bonds is 0. The maximum atomic E-state index is 5.94. The van der Waals surface area contributed by atoms with Crippen molar-refractivity contribution >= 4 is 0 Å². The first kappa shape index (κ1) is 8.48. The van der Waals surface area contributed by atoms with E-state index in [-0.39, 0.29) is 18.2 Å². The van der Waals surface area contributed by atoms with Crippen molar-refractivity contribution in [2.75, 3.05) is 0 Å². The summed E-state index contributed by atoms with van der Waals surface area (Å²) in [6, 6.07) is 0.172. The summed E-state index contributed by atoms with van der Waals surface area (Å²) in [4.78, 5) is 0. The molecule has 1 heterocycles. The van der Waals surface area contributed by atoms with Crippen molar-refractivity contribution in [3.63, 3.8) is 0 Å². The highest BCUT2D eigenvalue weighted by Crippen LogP contribution is 2.35. The van der Waals surface area contributed by atoms with Crippen LogP contribution in [0.15, 0.2) is 0 Å². The minimum atomic E-state index is -0.419. The summed E-state index contributed by atoms with van der Waals surface area (Å²) in [6.45, 7) is 3.91. The van der Waals surface area contributed by atoms with E-state index in [1.165, 1.54) is 6.42 Å². The number of nitrogens with two attached hydrogens (primary N) is 1. The van der Waals surface area contributed by atoms with E-state index in [0.29, 0.717) is 0 Å². The average Bonchev–Trinajstić information content (AvgIpc) is 2.25. The molecule has 0 bridgehead atoms. The molecule has 0 radical (unpaired) electrons. The fourth-order valence-electron chi connectivity index (χ4n) is 2.17. The van der Waals surface area contributed by atoms with Gasteiger partial charge < -0.3 is 15.2 Å². The zero-order valence-electron chi connectivity index (χ0n) is 7.75. The SMILES string of the molecule is CC1(C)OC2CCCC(N)C2O1. The van der Waals surface area contributed by atoms with Crippen LogP contribution in [-0.4, -0.2) is 24.0 Å². The molecule has 2 N–H and O–H groups in total. The molecule has 1 saturated carbocycles. The summed E-state index contributed by atoms with van der Waals surface area (Å²) in [5, 5.41) is 0. The molecule has 3 heteroatoms. The van der Waals surface area contributed by atoms with Gasteiger partial charge in [0.25, 0.3) is 0 Å². The Bertz CT molecular complexity index is 181. The Morgan fingerprint density at radius 2 is 2.00 bits per heavy atom. The third-order valence-electron chi connectivity index (χ3n) is 2.67. The third kappa shape index (κ3) is 1.37. The monoisotopic (exact) mass is 171 g/mol. The normalized spacial score (nSPS) is 45.8. The molecule has 1 aliphatic heterocycles. The Hall–Kier alpha value is -0.120. The molecule has 2 fully saturated rings. The second kappa shape index (κ2) is 2.69. The van der Waals surface area contributed by atoms with Gasteiger partial charge in [0.1, 0.15) is 6.10 Å². The molecular formula is C9H17NO2. The van der Waals surface area contributed by atoms with Crippen LogP contribution >= 0.6 is 0 Å². The Morgan fingerprint density at radius 1 is 1.25 bits per heavy atom. The summed E-state index contributed by atoms with van der Waals surface area (Å²) in [7, 11) is 0. The lowest BCUT2D eigenvalue weighted by Gasteiger charge is -2.27. The lowest BCUT2D eigenvalue weighted by atomic mass is 9.91. The first-order valence-corrected chi connectivity index (χ1v) is 4.70. The molecule has 70 valence electrons. The fraction of sp³-hybridized carbons (Fsp3) is 1.00. The predicted octanol–water partition coefficient (Wildman–Crippen LogP) is 1.02. The van der Waals surface area contributed by atoms with Crippen molar-refractivity contribution in [1.29, 1.82) is 0 Å². The average molecular weight is 171 g/mol. The van der Waals surface area contributed by atoms with Gasteiger partial charge in [-0.05, 0) is 33.1 Å². The molecule has 3 atom stereocenters. The van der Waals surface area contributed by atoms with Gasteiger partial charge in [-0.2, -0.15) is 0 Å². The Balaban J connectivity index is 2.09. The summed E-state index contributed by atoms with van der Waals surface area (Å²) >= 11 is 0.